The normalized spacial score (nSPS) is 12.9. The maximum atomic E-state index is 11.2. The van der Waals surface area contributed by atoms with Crippen LogP contribution in [0.5, 0.6) is 0 Å². The number of benzene rings is 1. The van der Waals surface area contributed by atoms with Gasteiger partial charge in [-0.2, -0.15) is 0 Å². The molecule has 0 saturated heterocycles. The monoisotopic (exact) mass is 288 g/mol. The molecule has 2 unspecified atom stereocenters. The van der Waals surface area contributed by atoms with Gasteiger partial charge in [-0.1, -0.05) is 55.5 Å². The van der Waals surface area contributed by atoms with Gasteiger partial charge in [-0.15, -0.1) is 0 Å². The molecule has 3 nitrogen and oxygen atoms in total. The van der Waals surface area contributed by atoms with Crippen LogP contribution in [-0.4, -0.2) is 17.7 Å². The van der Waals surface area contributed by atoms with E-state index in [0.717, 1.165) is 24.8 Å². The van der Waals surface area contributed by atoms with Gasteiger partial charge in [0, 0.05) is 12.3 Å². The molecule has 21 heavy (non-hydrogen) atoms. The highest BCUT2D eigenvalue weighted by Crippen LogP contribution is 2.13. The molecule has 1 rings (SSSR count). The lowest BCUT2D eigenvalue weighted by Crippen LogP contribution is -2.03. The third kappa shape index (κ3) is 7.53. The summed E-state index contributed by atoms with van der Waals surface area (Å²) in [7, 11) is 0. The molecule has 0 aromatic heterocycles. The van der Waals surface area contributed by atoms with Crippen LogP contribution in [0.25, 0.3) is 0 Å². The summed E-state index contributed by atoms with van der Waals surface area (Å²) < 4.78 is 4.88. The second kappa shape index (κ2) is 10.0. The van der Waals surface area contributed by atoms with E-state index in [1.54, 1.807) is 0 Å². The van der Waals surface area contributed by atoms with E-state index in [9.17, 15) is 9.90 Å². The molecule has 0 aliphatic heterocycles. The predicted molar refractivity (Wildman–Crippen MR) is 83.4 cm³/mol. The minimum atomic E-state index is -0.729. The summed E-state index contributed by atoms with van der Waals surface area (Å²) in [5, 5.41) is 9.94. The Labute approximate surface area is 127 Å². The molecule has 3 heteroatoms. The number of carbonyl (C=O) groups excluding carboxylic acids is 1. The van der Waals surface area contributed by atoms with E-state index in [-0.39, 0.29) is 11.9 Å². The molecule has 1 aromatic rings. The van der Waals surface area contributed by atoms with Crippen LogP contribution >= 0.6 is 0 Å². The topological polar surface area (TPSA) is 46.5 Å². The van der Waals surface area contributed by atoms with Crippen LogP contribution in [0.4, 0.5) is 0 Å². The molecule has 1 aromatic carbocycles. The summed E-state index contributed by atoms with van der Waals surface area (Å²) >= 11 is 0. The Morgan fingerprint density at radius 2 is 1.95 bits per heavy atom. The van der Waals surface area contributed by atoms with Gasteiger partial charge in [-0.3, -0.25) is 4.79 Å². The fraction of sp³-hybridized carbons (Fsp3) is 0.500. The molecule has 2 atom stereocenters. The van der Waals surface area contributed by atoms with Crippen molar-refractivity contribution < 1.29 is 14.6 Å². The van der Waals surface area contributed by atoms with E-state index in [1.165, 1.54) is 0 Å². The largest absolute Gasteiger partial charge is 0.466 e. The average molecular weight is 288 g/mol. The van der Waals surface area contributed by atoms with Crippen molar-refractivity contribution in [1.29, 1.82) is 0 Å². The number of hydrogen-bond donors (Lipinski definition) is 1. The van der Waals surface area contributed by atoms with Crippen molar-refractivity contribution in [2.45, 2.75) is 45.6 Å². The molecule has 0 heterocycles. The van der Waals surface area contributed by atoms with E-state index >= 15 is 0 Å². The molecule has 0 aliphatic carbocycles. The number of hydrogen-bond acceptors (Lipinski definition) is 3. The van der Waals surface area contributed by atoms with Gasteiger partial charge < -0.3 is 9.84 Å². The van der Waals surface area contributed by atoms with E-state index < -0.39 is 6.10 Å². The minimum absolute atomic E-state index is 0.129. The first-order valence-corrected chi connectivity index (χ1v) is 7.53. The van der Waals surface area contributed by atoms with Crippen molar-refractivity contribution >= 4 is 5.97 Å². The lowest BCUT2D eigenvalue weighted by Gasteiger charge is -2.06. The van der Waals surface area contributed by atoms with Crippen molar-refractivity contribution in [2.24, 2.45) is 5.92 Å². The fourth-order valence-corrected chi connectivity index (χ4v) is 1.97. The second-order valence-corrected chi connectivity index (χ2v) is 5.05. The molecule has 0 bridgehead atoms. The molecule has 0 saturated carbocycles. The number of unbranched alkanes of at least 4 members (excludes halogenated alkanes) is 1. The first-order chi connectivity index (χ1) is 10.1. The smallest absolute Gasteiger partial charge is 0.305 e. The van der Waals surface area contributed by atoms with Gasteiger partial charge in [0.25, 0.3) is 0 Å². The van der Waals surface area contributed by atoms with Crippen LogP contribution in [0.1, 0.15) is 51.2 Å². The quantitative estimate of drug-likeness (QED) is 0.474. The Hall–Kier alpha value is -1.79. The Balaban J connectivity index is 2.26. The summed E-state index contributed by atoms with van der Waals surface area (Å²) in [4.78, 5) is 11.2. The van der Waals surface area contributed by atoms with Gasteiger partial charge in [-0.05, 0) is 25.3 Å². The first kappa shape index (κ1) is 17.3. The van der Waals surface area contributed by atoms with Crippen molar-refractivity contribution in [3.8, 4) is 11.8 Å². The molecule has 0 aliphatic rings. The zero-order chi connectivity index (χ0) is 15.5. The molecule has 0 spiro atoms. The van der Waals surface area contributed by atoms with Crippen LogP contribution in [0.15, 0.2) is 30.3 Å². The predicted octanol–water partition coefficient (Wildman–Crippen LogP) is 3.48. The number of carbonyl (C=O) groups is 1. The Morgan fingerprint density at radius 1 is 1.24 bits per heavy atom. The number of esters is 1. The van der Waals surface area contributed by atoms with Crippen LogP contribution in [0.2, 0.25) is 0 Å². The van der Waals surface area contributed by atoms with E-state index in [2.05, 4.69) is 11.8 Å². The van der Waals surface area contributed by atoms with Crippen LogP contribution in [0.3, 0.4) is 0 Å². The van der Waals surface area contributed by atoms with Crippen LogP contribution in [-0.2, 0) is 9.53 Å². The van der Waals surface area contributed by atoms with Gasteiger partial charge in [0.15, 0.2) is 0 Å². The average Bonchev–Trinajstić information content (AvgIpc) is 2.50. The van der Waals surface area contributed by atoms with Gasteiger partial charge in [-0.25, -0.2) is 0 Å². The van der Waals surface area contributed by atoms with Crippen molar-refractivity contribution in [3.05, 3.63) is 35.9 Å². The highest BCUT2D eigenvalue weighted by molar-refractivity contribution is 5.69. The Kier molecular flexibility index (Phi) is 8.23. The number of aliphatic hydroxyl groups excluding tert-OH is 1. The summed E-state index contributed by atoms with van der Waals surface area (Å²) in [6.45, 7) is 4.29. The highest BCUT2D eigenvalue weighted by Gasteiger charge is 2.04. The molecular formula is C18H24O3. The summed E-state index contributed by atoms with van der Waals surface area (Å²) in [5.41, 5.74) is 0.819. The molecule has 0 radical (unpaired) electrons. The lowest BCUT2D eigenvalue weighted by molar-refractivity contribution is -0.143. The summed E-state index contributed by atoms with van der Waals surface area (Å²) in [6, 6.07) is 9.42. The van der Waals surface area contributed by atoms with E-state index in [0.29, 0.717) is 13.0 Å². The van der Waals surface area contributed by atoms with Gasteiger partial charge in [0.2, 0.25) is 0 Å². The fourth-order valence-electron chi connectivity index (χ4n) is 1.97. The standard InChI is InChI=1S/C18H24O3/c1-3-21-18(20)12-8-7-9-15(2)13-14-17(19)16-10-5-4-6-11-16/h4-6,10-11,15,17,19H,3,7-9,12H2,1-2H3. The third-order valence-electron chi connectivity index (χ3n) is 3.16. The molecule has 0 fully saturated rings. The SMILES string of the molecule is CCOC(=O)CCCCC(C)C#CC(O)c1ccccc1. The van der Waals surface area contributed by atoms with Gasteiger partial charge >= 0.3 is 5.97 Å². The van der Waals surface area contributed by atoms with Crippen molar-refractivity contribution in [2.75, 3.05) is 6.61 Å². The van der Waals surface area contributed by atoms with E-state index in [4.69, 9.17) is 4.74 Å². The second-order valence-electron chi connectivity index (χ2n) is 5.05. The van der Waals surface area contributed by atoms with Crippen LogP contribution in [0, 0.1) is 17.8 Å². The zero-order valence-electron chi connectivity index (χ0n) is 12.8. The highest BCUT2D eigenvalue weighted by atomic mass is 16.5. The Morgan fingerprint density at radius 3 is 2.62 bits per heavy atom. The Bertz CT molecular complexity index is 470. The molecule has 114 valence electrons. The van der Waals surface area contributed by atoms with Crippen molar-refractivity contribution in [3.63, 3.8) is 0 Å². The number of aliphatic hydroxyl groups is 1. The zero-order valence-corrected chi connectivity index (χ0v) is 12.8. The van der Waals surface area contributed by atoms with Gasteiger partial charge in [0.05, 0.1) is 6.61 Å². The summed E-state index contributed by atoms with van der Waals surface area (Å²) in [6.07, 6.45) is 2.43. The van der Waals surface area contributed by atoms with Gasteiger partial charge in [0.1, 0.15) is 6.10 Å². The summed E-state index contributed by atoms with van der Waals surface area (Å²) in [5.74, 6) is 6.05. The van der Waals surface area contributed by atoms with E-state index in [1.807, 2.05) is 44.2 Å². The third-order valence-corrected chi connectivity index (χ3v) is 3.16. The first-order valence-electron chi connectivity index (χ1n) is 7.53. The van der Waals surface area contributed by atoms with Crippen LogP contribution < -0.4 is 0 Å². The van der Waals surface area contributed by atoms with Crippen molar-refractivity contribution in [1.82, 2.24) is 0 Å². The minimum Gasteiger partial charge on any atom is -0.466 e. The maximum absolute atomic E-state index is 11.2. The molecule has 0 amide bonds. The maximum Gasteiger partial charge on any atom is 0.305 e. The lowest BCUT2D eigenvalue weighted by atomic mass is 10.0. The molecule has 1 N–H and O–H groups in total. The molecular weight excluding hydrogens is 264 g/mol. The number of rotatable bonds is 7. The number of ether oxygens (including phenoxy) is 1.